The third kappa shape index (κ3) is 5.49. The standard InChI is InChI=1S/C19H28N2O3/c1-15(11-16-7-8-16)20-12-18-13-21(9-10-23-18)19(22)24-14-17-5-3-2-4-6-17/h2-6,15-16,18,20H,7-14H2,1H3. The number of carbonyl (C=O) groups is 1. The molecule has 1 saturated carbocycles. The van der Waals surface area contributed by atoms with E-state index in [4.69, 9.17) is 9.47 Å². The summed E-state index contributed by atoms with van der Waals surface area (Å²) in [6.45, 7) is 5.10. The summed E-state index contributed by atoms with van der Waals surface area (Å²) in [6.07, 6.45) is 3.80. The number of nitrogens with one attached hydrogen (secondary N) is 1. The van der Waals surface area contributed by atoms with E-state index in [1.54, 1.807) is 4.90 Å². The van der Waals surface area contributed by atoms with Crippen molar-refractivity contribution < 1.29 is 14.3 Å². The van der Waals surface area contributed by atoms with E-state index in [0.29, 0.717) is 32.3 Å². The Balaban J connectivity index is 1.38. The first kappa shape index (κ1) is 17.2. The van der Waals surface area contributed by atoms with Crippen LogP contribution in [0.25, 0.3) is 0 Å². The van der Waals surface area contributed by atoms with Crippen LogP contribution >= 0.6 is 0 Å². The Morgan fingerprint density at radius 2 is 2.17 bits per heavy atom. The van der Waals surface area contributed by atoms with Gasteiger partial charge in [0.2, 0.25) is 0 Å². The van der Waals surface area contributed by atoms with E-state index in [-0.39, 0.29) is 12.2 Å². The highest BCUT2D eigenvalue weighted by Gasteiger charge is 2.27. The molecule has 5 nitrogen and oxygen atoms in total. The van der Waals surface area contributed by atoms with Crippen molar-refractivity contribution in [1.29, 1.82) is 0 Å². The first-order valence-corrected chi connectivity index (χ1v) is 9.01. The largest absolute Gasteiger partial charge is 0.445 e. The first-order valence-electron chi connectivity index (χ1n) is 9.01. The van der Waals surface area contributed by atoms with Gasteiger partial charge < -0.3 is 19.7 Å². The lowest BCUT2D eigenvalue weighted by Gasteiger charge is -2.33. The second-order valence-electron chi connectivity index (χ2n) is 6.97. The van der Waals surface area contributed by atoms with Gasteiger partial charge in [0.15, 0.2) is 0 Å². The second kappa shape index (κ2) is 8.49. The van der Waals surface area contributed by atoms with Crippen LogP contribution in [-0.4, -0.2) is 49.4 Å². The molecule has 2 unspecified atom stereocenters. The van der Waals surface area contributed by atoms with Crippen molar-refractivity contribution in [2.24, 2.45) is 5.92 Å². The molecule has 0 spiro atoms. The molecule has 132 valence electrons. The molecule has 0 radical (unpaired) electrons. The smallest absolute Gasteiger partial charge is 0.410 e. The maximum Gasteiger partial charge on any atom is 0.410 e. The van der Waals surface area contributed by atoms with Crippen molar-refractivity contribution in [1.82, 2.24) is 10.2 Å². The van der Waals surface area contributed by atoms with Crippen LogP contribution in [0.3, 0.4) is 0 Å². The molecular weight excluding hydrogens is 304 g/mol. The van der Waals surface area contributed by atoms with Crippen LogP contribution in [0.2, 0.25) is 0 Å². The number of rotatable bonds is 7. The van der Waals surface area contributed by atoms with Crippen molar-refractivity contribution >= 4 is 6.09 Å². The normalized spacial score (nSPS) is 22.2. The number of hydrogen-bond donors (Lipinski definition) is 1. The van der Waals surface area contributed by atoms with Crippen molar-refractivity contribution in [3.8, 4) is 0 Å². The highest BCUT2D eigenvalue weighted by atomic mass is 16.6. The van der Waals surface area contributed by atoms with Crippen molar-refractivity contribution in [2.75, 3.05) is 26.2 Å². The number of nitrogens with zero attached hydrogens (tertiary/aromatic N) is 1. The van der Waals surface area contributed by atoms with Crippen LogP contribution in [0, 0.1) is 5.92 Å². The minimum absolute atomic E-state index is 0.0460. The number of benzene rings is 1. The number of amides is 1. The van der Waals surface area contributed by atoms with Gasteiger partial charge >= 0.3 is 6.09 Å². The molecule has 5 heteroatoms. The van der Waals surface area contributed by atoms with Gasteiger partial charge in [0.1, 0.15) is 6.61 Å². The summed E-state index contributed by atoms with van der Waals surface area (Å²) in [5.74, 6) is 0.921. The molecule has 1 saturated heterocycles. The Kier molecular flexibility index (Phi) is 6.10. The Morgan fingerprint density at radius 3 is 2.92 bits per heavy atom. The Morgan fingerprint density at radius 1 is 1.38 bits per heavy atom. The molecule has 1 N–H and O–H groups in total. The minimum Gasteiger partial charge on any atom is -0.445 e. The molecule has 2 fully saturated rings. The summed E-state index contributed by atoms with van der Waals surface area (Å²) >= 11 is 0. The SMILES string of the molecule is CC(CC1CC1)NCC1CN(C(=O)OCc2ccccc2)CCO1. The van der Waals surface area contributed by atoms with Gasteiger partial charge in [-0.25, -0.2) is 4.79 Å². The summed E-state index contributed by atoms with van der Waals surface area (Å²) in [4.78, 5) is 14.0. The molecular formula is C19H28N2O3. The molecule has 1 aliphatic carbocycles. The number of carbonyl (C=O) groups excluding carboxylic acids is 1. The molecule has 1 aromatic rings. The minimum atomic E-state index is -0.252. The molecule has 0 bridgehead atoms. The summed E-state index contributed by atoms with van der Waals surface area (Å²) in [6, 6.07) is 10.3. The fourth-order valence-electron chi connectivity index (χ4n) is 3.09. The van der Waals surface area contributed by atoms with E-state index in [9.17, 15) is 4.79 Å². The fraction of sp³-hybridized carbons (Fsp3) is 0.632. The lowest BCUT2D eigenvalue weighted by molar-refractivity contribution is -0.0279. The third-order valence-corrected chi connectivity index (χ3v) is 4.68. The van der Waals surface area contributed by atoms with Crippen LogP contribution in [0.15, 0.2) is 30.3 Å². The Hall–Kier alpha value is -1.59. The average molecular weight is 332 g/mol. The molecule has 2 atom stereocenters. The summed E-state index contributed by atoms with van der Waals surface area (Å²) in [5.41, 5.74) is 1.01. The Bertz CT molecular complexity index is 519. The van der Waals surface area contributed by atoms with E-state index >= 15 is 0 Å². The summed E-state index contributed by atoms with van der Waals surface area (Å²) in [5, 5.41) is 3.54. The van der Waals surface area contributed by atoms with Gasteiger partial charge in [0.25, 0.3) is 0 Å². The van der Waals surface area contributed by atoms with E-state index < -0.39 is 0 Å². The van der Waals surface area contributed by atoms with Crippen LogP contribution < -0.4 is 5.32 Å². The predicted molar refractivity (Wildman–Crippen MR) is 92.7 cm³/mol. The predicted octanol–water partition coefficient (Wildman–Crippen LogP) is 2.80. The monoisotopic (exact) mass is 332 g/mol. The maximum absolute atomic E-state index is 12.2. The molecule has 3 rings (SSSR count). The van der Waals surface area contributed by atoms with E-state index in [2.05, 4.69) is 12.2 Å². The highest BCUT2D eigenvalue weighted by molar-refractivity contribution is 5.67. The summed E-state index contributed by atoms with van der Waals surface area (Å²) < 4.78 is 11.2. The van der Waals surface area contributed by atoms with Gasteiger partial charge in [0, 0.05) is 19.1 Å². The van der Waals surface area contributed by atoms with Gasteiger partial charge in [-0.2, -0.15) is 0 Å². The van der Waals surface area contributed by atoms with Gasteiger partial charge in [0.05, 0.1) is 19.3 Å². The first-order chi connectivity index (χ1) is 11.7. The van der Waals surface area contributed by atoms with Gasteiger partial charge in [-0.1, -0.05) is 43.2 Å². The molecule has 1 aliphatic heterocycles. The summed E-state index contributed by atoms with van der Waals surface area (Å²) in [7, 11) is 0. The number of morpholine rings is 1. The molecule has 1 aromatic carbocycles. The maximum atomic E-state index is 12.2. The van der Waals surface area contributed by atoms with Gasteiger partial charge in [-0.3, -0.25) is 0 Å². The highest BCUT2D eigenvalue weighted by Crippen LogP contribution is 2.33. The third-order valence-electron chi connectivity index (χ3n) is 4.68. The van der Waals surface area contributed by atoms with E-state index in [1.807, 2.05) is 30.3 Å². The number of hydrogen-bond acceptors (Lipinski definition) is 4. The fourth-order valence-corrected chi connectivity index (χ4v) is 3.09. The lowest BCUT2D eigenvalue weighted by Crippen LogP contribution is -2.50. The quantitative estimate of drug-likeness (QED) is 0.834. The second-order valence-corrected chi connectivity index (χ2v) is 6.97. The zero-order valence-electron chi connectivity index (χ0n) is 14.4. The zero-order valence-corrected chi connectivity index (χ0v) is 14.4. The van der Waals surface area contributed by atoms with Crippen LogP contribution in [0.1, 0.15) is 31.7 Å². The van der Waals surface area contributed by atoms with Crippen molar-refractivity contribution in [2.45, 2.75) is 44.9 Å². The van der Waals surface area contributed by atoms with Crippen LogP contribution in [0.5, 0.6) is 0 Å². The molecule has 0 aromatic heterocycles. The van der Waals surface area contributed by atoms with Crippen LogP contribution in [0.4, 0.5) is 4.79 Å². The molecule has 24 heavy (non-hydrogen) atoms. The van der Waals surface area contributed by atoms with Crippen LogP contribution in [-0.2, 0) is 16.1 Å². The molecule has 2 aliphatic rings. The van der Waals surface area contributed by atoms with Gasteiger partial charge in [-0.05, 0) is 24.8 Å². The molecule has 1 heterocycles. The molecule has 1 amide bonds. The van der Waals surface area contributed by atoms with E-state index in [0.717, 1.165) is 18.0 Å². The van der Waals surface area contributed by atoms with Gasteiger partial charge in [-0.15, -0.1) is 0 Å². The average Bonchev–Trinajstić information content (AvgIpc) is 3.43. The van der Waals surface area contributed by atoms with E-state index in [1.165, 1.54) is 19.3 Å². The topological polar surface area (TPSA) is 50.8 Å². The lowest BCUT2D eigenvalue weighted by atomic mass is 10.1. The van der Waals surface area contributed by atoms with Crippen molar-refractivity contribution in [3.05, 3.63) is 35.9 Å². The Labute approximate surface area is 144 Å². The zero-order chi connectivity index (χ0) is 16.8. The number of ether oxygens (including phenoxy) is 2. The van der Waals surface area contributed by atoms with Crippen molar-refractivity contribution in [3.63, 3.8) is 0 Å².